The van der Waals surface area contributed by atoms with Crippen LogP contribution in [0.25, 0.3) is 0 Å². The molecule has 0 saturated carbocycles. The highest BCUT2D eigenvalue weighted by atomic mass is 16.5. The quantitative estimate of drug-likeness (QED) is 0.735. The molecule has 1 unspecified atom stereocenters. The summed E-state index contributed by atoms with van der Waals surface area (Å²) in [5.74, 6) is 3.40. The molecule has 3 heteroatoms. The zero-order valence-electron chi connectivity index (χ0n) is 8.15. The van der Waals surface area contributed by atoms with Crippen LogP contribution < -0.4 is 9.47 Å². The van der Waals surface area contributed by atoms with Crippen LogP contribution >= 0.6 is 0 Å². The second-order valence-corrected chi connectivity index (χ2v) is 2.68. The van der Waals surface area contributed by atoms with E-state index in [9.17, 15) is 5.11 Å². The minimum Gasteiger partial charge on any atom is -0.493 e. The molecule has 0 saturated heterocycles. The normalized spacial score (nSPS) is 11.6. The van der Waals surface area contributed by atoms with Crippen molar-refractivity contribution in [2.45, 2.75) is 6.10 Å². The van der Waals surface area contributed by atoms with Crippen molar-refractivity contribution >= 4 is 0 Å². The molecular formula is C11H12O3. The fourth-order valence-corrected chi connectivity index (χ4v) is 1.12. The largest absolute Gasteiger partial charge is 0.493 e. The van der Waals surface area contributed by atoms with E-state index in [4.69, 9.17) is 15.9 Å². The monoisotopic (exact) mass is 192 g/mol. The fourth-order valence-electron chi connectivity index (χ4n) is 1.12. The summed E-state index contributed by atoms with van der Waals surface area (Å²) in [6.45, 7) is 0. The molecule has 1 atom stereocenters. The average molecular weight is 192 g/mol. The van der Waals surface area contributed by atoms with Crippen molar-refractivity contribution < 1.29 is 14.6 Å². The Hall–Kier alpha value is -1.66. The number of hydrogen-bond donors (Lipinski definition) is 1. The molecule has 1 N–H and O–H groups in total. The van der Waals surface area contributed by atoms with Gasteiger partial charge in [0.05, 0.1) is 14.2 Å². The summed E-state index contributed by atoms with van der Waals surface area (Å²) in [7, 11) is 3.08. The Balaban J connectivity index is 3.08. The van der Waals surface area contributed by atoms with Gasteiger partial charge in [0.2, 0.25) is 0 Å². The summed E-state index contributed by atoms with van der Waals surface area (Å²) in [5, 5.41) is 9.38. The fraction of sp³-hybridized carbons (Fsp3) is 0.273. The van der Waals surface area contributed by atoms with Crippen molar-refractivity contribution in [1.82, 2.24) is 0 Å². The molecule has 0 amide bonds. The molecule has 74 valence electrons. The van der Waals surface area contributed by atoms with Gasteiger partial charge in [0.25, 0.3) is 0 Å². The van der Waals surface area contributed by atoms with Gasteiger partial charge in [-0.1, -0.05) is 12.0 Å². The highest BCUT2D eigenvalue weighted by Crippen LogP contribution is 2.29. The summed E-state index contributed by atoms with van der Waals surface area (Å²) in [6, 6.07) is 5.06. The molecule has 3 nitrogen and oxygen atoms in total. The van der Waals surface area contributed by atoms with Crippen molar-refractivity contribution in [3.05, 3.63) is 23.8 Å². The van der Waals surface area contributed by atoms with Gasteiger partial charge in [0, 0.05) is 0 Å². The third kappa shape index (κ3) is 1.98. The summed E-state index contributed by atoms with van der Waals surface area (Å²) in [5.41, 5.74) is 0.616. The van der Waals surface area contributed by atoms with Crippen LogP contribution in [-0.2, 0) is 0 Å². The van der Waals surface area contributed by atoms with Crippen molar-refractivity contribution in [1.29, 1.82) is 0 Å². The molecule has 0 aliphatic rings. The minimum atomic E-state index is -0.908. The van der Waals surface area contributed by atoms with Crippen molar-refractivity contribution in [3.63, 3.8) is 0 Å². The lowest BCUT2D eigenvalue weighted by Gasteiger charge is -2.10. The maximum absolute atomic E-state index is 9.38. The lowest BCUT2D eigenvalue weighted by molar-refractivity contribution is 0.237. The topological polar surface area (TPSA) is 38.7 Å². The van der Waals surface area contributed by atoms with Gasteiger partial charge in [-0.25, -0.2) is 0 Å². The van der Waals surface area contributed by atoms with Crippen LogP contribution in [0.3, 0.4) is 0 Å². The molecule has 0 heterocycles. The maximum Gasteiger partial charge on any atom is 0.161 e. The Kier molecular flexibility index (Phi) is 3.38. The van der Waals surface area contributed by atoms with Crippen LogP contribution in [0.1, 0.15) is 11.7 Å². The second kappa shape index (κ2) is 4.54. The van der Waals surface area contributed by atoms with Crippen LogP contribution in [0.5, 0.6) is 11.5 Å². The first kappa shape index (κ1) is 10.4. The zero-order valence-corrected chi connectivity index (χ0v) is 8.15. The molecule has 0 radical (unpaired) electrons. The number of terminal acetylenes is 1. The first-order chi connectivity index (χ1) is 6.72. The molecule has 1 rings (SSSR count). The van der Waals surface area contributed by atoms with Gasteiger partial charge >= 0.3 is 0 Å². The number of aliphatic hydroxyl groups excluding tert-OH is 1. The number of hydrogen-bond acceptors (Lipinski definition) is 3. The lowest BCUT2D eigenvalue weighted by Crippen LogP contribution is -1.96. The van der Waals surface area contributed by atoms with Gasteiger partial charge in [0.1, 0.15) is 6.10 Å². The zero-order chi connectivity index (χ0) is 10.6. The number of ether oxygens (including phenoxy) is 2. The van der Waals surface area contributed by atoms with Crippen LogP contribution in [0.15, 0.2) is 18.2 Å². The van der Waals surface area contributed by atoms with Gasteiger partial charge in [-0.3, -0.25) is 0 Å². The van der Waals surface area contributed by atoms with Gasteiger partial charge < -0.3 is 14.6 Å². The van der Waals surface area contributed by atoms with Gasteiger partial charge in [-0.2, -0.15) is 0 Å². The molecule has 1 aromatic rings. The molecule has 0 aliphatic heterocycles. The number of rotatable bonds is 3. The van der Waals surface area contributed by atoms with Crippen molar-refractivity contribution in [3.8, 4) is 23.8 Å². The Bertz CT molecular complexity index is 352. The van der Waals surface area contributed by atoms with E-state index in [1.54, 1.807) is 25.3 Å². The first-order valence-electron chi connectivity index (χ1n) is 4.09. The van der Waals surface area contributed by atoms with E-state index < -0.39 is 6.10 Å². The molecule has 1 aromatic carbocycles. The predicted octanol–water partition coefficient (Wildman–Crippen LogP) is 1.37. The highest BCUT2D eigenvalue weighted by Gasteiger charge is 2.08. The van der Waals surface area contributed by atoms with E-state index in [0.29, 0.717) is 17.1 Å². The van der Waals surface area contributed by atoms with Crippen LogP contribution in [0.4, 0.5) is 0 Å². The standard InChI is InChI=1S/C11H12O3/c1-4-9(12)8-5-6-10(13-2)11(7-8)14-3/h1,5-7,9,12H,2-3H3. The minimum absolute atomic E-state index is 0.555. The lowest BCUT2D eigenvalue weighted by atomic mass is 10.1. The van der Waals surface area contributed by atoms with Crippen molar-refractivity contribution in [2.24, 2.45) is 0 Å². The summed E-state index contributed by atoms with van der Waals surface area (Å²) < 4.78 is 10.1. The molecule has 0 aliphatic carbocycles. The van der Waals surface area contributed by atoms with Crippen LogP contribution in [0.2, 0.25) is 0 Å². The number of methoxy groups -OCH3 is 2. The van der Waals surface area contributed by atoms with E-state index in [-0.39, 0.29) is 0 Å². The molecule has 0 spiro atoms. The Morgan fingerprint density at radius 1 is 1.29 bits per heavy atom. The predicted molar refractivity (Wildman–Crippen MR) is 53.3 cm³/mol. The third-order valence-corrected chi connectivity index (χ3v) is 1.88. The van der Waals surface area contributed by atoms with E-state index in [0.717, 1.165) is 0 Å². The van der Waals surface area contributed by atoms with E-state index in [1.807, 2.05) is 0 Å². The van der Waals surface area contributed by atoms with Gasteiger partial charge in [-0.15, -0.1) is 6.42 Å². The van der Waals surface area contributed by atoms with Crippen LogP contribution in [0, 0.1) is 12.3 Å². The number of benzene rings is 1. The SMILES string of the molecule is C#CC(O)c1ccc(OC)c(OC)c1. The molecule has 0 aromatic heterocycles. The highest BCUT2D eigenvalue weighted by molar-refractivity contribution is 5.44. The maximum atomic E-state index is 9.38. The van der Waals surface area contributed by atoms with Crippen molar-refractivity contribution in [2.75, 3.05) is 14.2 Å². The molecule has 14 heavy (non-hydrogen) atoms. The number of aliphatic hydroxyl groups is 1. The summed E-state index contributed by atoms with van der Waals surface area (Å²) >= 11 is 0. The third-order valence-electron chi connectivity index (χ3n) is 1.88. The van der Waals surface area contributed by atoms with Crippen LogP contribution in [-0.4, -0.2) is 19.3 Å². The summed E-state index contributed by atoms with van der Waals surface area (Å²) in [4.78, 5) is 0. The van der Waals surface area contributed by atoms with Gasteiger partial charge in [0.15, 0.2) is 11.5 Å². The van der Waals surface area contributed by atoms with E-state index in [1.165, 1.54) is 7.11 Å². The van der Waals surface area contributed by atoms with E-state index >= 15 is 0 Å². The Morgan fingerprint density at radius 3 is 2.43 bits per heavy atom. The smallest absolute Gasteiger partial charge is 0.161 e. The second-order valence-electron chi connectivity index (χ2n) is 2.68. The Morgan fingerprint density at radius 2 is 1.93 bits per heavy atom. The first-order valence-corrected chi connectivity index (χ1v) is 4.09. The Labute approximate surface area is 83.3 Å². The summed E-state index contributed by atoms with van der Waals surface area (Å²) in [6.07, 6.45) is 4.19. The molecule has 0 fully saturated rings. The van der Waals surface area contributed by atoms with Gasteiger partial charge in [-0.05, 0) is 17.7 Å². The molecular weight excluding hydrogens is 180 g/mol. The van der Waals surface area contributed by atoms with E-state index in [2.05, 4.69) is 5.92 Å². The average Bonchev–Trinajstić information content (AvgIpc) is 2.26. The molecule has 0 bridgehead atoms.